The molecular weight excluding hydrogens is 462 g/mol. The van der Waals surface area contributed by atoms with E-state index in [0.29, 0.717) is 12.2 Å². The topological polar surface area (TPSA) is 187 Å². The Morgan fingerprint density at radius 3 is 2.38 bits per heavy atom. The van der Waals surface area contributed by atoms with E-state index in [0.717, 1.165) is 16.5 Å². The number of nitrogens with one attached hydrogen (secondary N) is 4. The van der Waals surface area contributed by atoms with Crippen LogP contribution in [-0.2, 0) is 25.6 Å². The molecule has 11 nitrogen and oxygen atoms in total. The minimum atomic E-state index is -1.56. The molecule has 4 unspecified atom stereocenters. The molecule has 4 atom stereocenters. The zero-order valence-corrected chi connectivity index (χ0v) is 19.9. The van der Waals surface area contributed by atoms with Crippen LogP contribution in [0.15, 0.2) is 30.5 Å². The normalized spacial score (nSPS) is 14.6. The first-order valence-corrected chi connectivity index (χ1v) is 12.1. The molecule has 12 heteroatoms. The van der Waals surface area contributed by atoms with E-state index in [-0.39, 0.29) is 13.0 Å². The molecule has 0 saturated heterocycles. The van der Waals surface area contributed by atoms with E-state index in [2.05, 4.69) is 20.9 Å². The predicted octanol–water partition coefficient (Wildman–Crippen LogP) is -0.658. The third kappa shape index (κ3) is 7.47. The third-order valence-electron chi connectivity index (χ3n) is 5.23. The van der Waals surface area contributed by atoms with Gasteiger partial charge in [0.2, 0.25) is 17.7 Å². The quantitative estimate of drug-likeness (QED) is 0.192. The molecule has 0 saturated carbocycles. The molecule has 1 heterocycles. The fourth-order valence-corrected chi connectivity index (χ4v) is 3.87. The maximum Gasteiger partial charge on any atom is 0.328 e. The Balaban J connectivity index is 2.30. The van der Waals surface area contributed by atoms with Crippen LogP contribution in [0.25, 0.3) is 10.9 Å². The first kappa shape index (κ1) is 27.2. The molecule has 8 N–H and O–H groups in total. The van der Waals surface area contributed by atoms with Gasteiger partial charge in [-0.05, 0) is 37.0 Å². The smallest absolute Gasteiger partial charge is 0.328 e. The summed E-state index contributed by atoms with van der Waals surface area (Å²) in [5.74, 6) is -2.72. The van der Waals surface area contributed by atoms with E-state index >= 15 is 0 Å². The number of rotatable bonds is 13. The molecule has 0 fully saturated rings. The van der Waals surface area contributed by atoms with E-state index in [1.54, 1.807) is 6.20 Å². The lowest BCUT2D eigenvalue weighted by atomic mass is 10.0. The van der Waals surface area contributed by atoms with Crippen LogP contribution in [-0.4, -0.2) is 81.7 Å². The number of carboxylic acids is 1. The second-order valence-corrected chi connectivity index (χ2v) is 8.78. The highest BCUT2D eigenvalue weighted by Crippen LogP contribution is 2.19. The summed E-state index contributed by atoms with van der Waals surface area (Å²) < 4.78 is 0. The number of benzene rings is 1. The molecule has 1 aromatic carbocycles. The lowest BCUT2D eigenvalue weighted by Gasteiger charge is -2.25. The van der Waals surface area contributed by atoms with Crippen molar-refractivity contribution in [1.29, 1.82) is 0 Å². The summed E-state index contributed by atoms with van der Waals surface area (Å²) in [6, 6.07) is 3.76. The van der Waals surface area contributed by atoms with E-state index in [4.69, 9.17) is 5.73 Å². The summed E-state index contributed by atoms with van der Waals surface area (Å²) >= 11 is 1.49. The van der Waals surface area contributed by atoms with Crippen LogP contribution in [0, 0.1) is 0 Å². The highest BCUT2D eigenvalue weighted by atomic mass is 32.2. The predicted molar refractivity (Wildman–Crippen MR) is 129 cm³/mol. The lowest BCUT2D eigenvalue weighted by molar-refractivity contribution is -0.145. The van der Waals surface area contributed by atoms with Crippen LogP contribution in [0.1, 0.15) is 18.9 Å². The number of carboxylic acid groups (broad SMARTS) is 1. The van der Waals surface area contributed by atoms with E-state index in [1.807, 2.05) is 30.5 Å². The largest absolute Gasteiger partial charge is 0.480 e. The van der Waals surface area contributed by atoms with Crippen molar-refractivity contribution >= 4 is 46.4 Å². The number of H-pyrrole nitrogens is 1. The lowest BCUT2D eigenvalue weighted by Crippen LogP contribution is -2.58. The molecule has 2 rings (SSSR count). The second kappa shape index (κ2) is 13.0. The number of nitrogens with two attached hydrogens (primary N) is 1. The van der Waals surface area contributed by atoms with E-state index in [1.165, 1.54) is 18.7 Å². The van der Waals surface area contributed by atoms with Crippen molar-refractivity contribution in [3.05, 3.63) is 36.0 Å². The van der Waals surface area contributed by atoms with Crippen molar-refractivity contribution in [2.75, 3.05) is 18.6 Å². The summed E-state index contributed by atoms with van der Waals surface area (Å²) in [7, 11) is 0. The Labute approximate surface area is 201 Å². The minimum Gasteiger partial charge on any atom is -0.480 e. The van der Waals surface area contributed by atoms with Crippen LogP contribution < -0.4 is 21.7 Å². The number of carbonyl (C=O) groups excluding carboxylic acids is 3. The summed E-state index contributed by atoms with van der Waals surface area (Å²) in [6.07, 6.45) is 2.57. The average molecular weight is 494 g/mol. The van der Waals surface area contributed by atoms with Crippen LogP contribution in [0.3, 0.4) is 0 Å². The van der Waals surface area contributed by atoms with E-state index in [9.17, 15) is 29.4 Å². The van der Waals surface area contributed by atoms with Crippen molar-refractivity contribution in [2.24, 2.45) is 5.73 Å². The summed E-state index contributed by atoms with van der Waals surface area (Å²) in [5, 5.41) is 27.4. The van der Waals surface area contributed by atoms with Crippen LogP contribution >= 0.6 is 11.8 Å². The van der Waals surface area contributed by atoms with Gasteiger partial charge in [-0.1, -0.05) is 18.2 Å². The Morgan fingerprint density at radius 2 is 1.76 bits per heavy atom. The molecule has 1 aromatic heterocycles. The number of hydrogen-bond acceptors (Lipinski definition) is 7. The van der Waals surface area contributed by atoms with Gasteiger partial charge < -0.3 is 36.9 Å². The maximum atomic E-state index is 13.1. The highest BCUT2D eigenvalue weighted by molar-refractivity contribution is 7.98. The van der Waals surface area contributed by atoms with Gasteiger partial charge in [-0.3, -0.25) is 14.4 Å². The number of fused-ring (bicyclic) bond motifs is 1. The minimum absolute atomic E-state index is 0.0494. The molecular formula is C22H31N5O6S. The zero-order chi connectivity index (χ0) is 25.3. The number of aromatic amines is 1. The third-order valence-corrected chi connectivity index (χ3v) is 5.87. The van der Waals surface area contributed by atoms with Crippen LogP contribution in [0.5, 0.6) is 0 Å². The number of aliphatic carboxylic acids is 1. The molecule has 34 heavy (non-hydrogen) atoms. The number of aliphatic hydroxyl groups excluding tert-OH is 1. The number of hydrogen-bond donors (Lipinski definition) is 7. The zero-order valence-electron chi connectivity index (χ0n) is 19.0. The number of carbonyl (C=O) groups is 4. The summed E-state index contributed by atoms with van der Waals surface area (Å²) in [6.45, 7) is 0.949. The van der Waals surface area contributed by atoms with Crippen molar-refractivity contribution in [3.63, 3.8) is 0 Å². The molecule has 3 amide bonds. The highest BCUT2D eigenvalue weighted by Gasteiger charge is 2.31. The van der Waals surface area contributed by atoms with Crippen molar-refractivity contribution in [3.8, 4) is 0 Å². The van der Waals surface area contributed by atoms with Crippen LogP contribution in [0.4, 0.5) is 0 Å². The van der Waals surface area contributed by atoms with Crippen molar-refractivity contribution in [1.82, 2.24) is 20.9 Å². The number of thioether (sulfide) groups is 1. The molecule has 0 aliphatic heterocycles. The van der Waals surface area contributed by atoms with Gasteiger partial charge in [-0.2, -0.15) is 11.8 Å². The van der Waals surface area contributed by atoms with Crippen molar-refractivity contribution in [2.45, 2.75) is 44.0 Å². The number of aliphatic hydroxyl groups is 1. The van der Waals surface area contributed by atoms with E-state index < -0.39 is 47.9 Å². The molecule has 0 aliphatic carbocycles. The Morgan fingerprint density at radius 1 is 1.09 bits per heavy atom. The standard InChI is InChI=1S/C22H31N5O6S/c1-12(28)19(22(32)33)27-21(31)17(9-13-11-24-15-6-4-3-5-14(13)15)26-20(30)16(7-8-34-2)25-18(29)10-23/h3-6,11-12,16-17,19,24,28H,7-10,23H2,1-2H3,(H,25,29)(H,26,30)(H,27,31)(H,32,33). The average Bonchev–Trinajstić information content (AvgIpc) is 3.21. The fourth-order valence-electron chi connectivity index (χ4n) is 3.40. The van der Waals surface area contributed by atoms with Gasteiger partial charge >= 0.3 is 5.97 Å². The monoisotopic (exact) mass is 493 g/mol. The first-order chi connectivity index (χ1) is 16.2. The number of amides is 3. The van der Waals surface area contributed by atoms with Gasteiger partial charge in [-0.15, -0.1) is 0 Å². The molecule has 0 spiro atoms. The van der Waals surface area contributed by atoms with Gasteiger partial charge in [0.25, 0.3) is 0 Å². The van der Waals surface area contributed by atoms with Gasteiger partial charge in [0.05, 0.1) is 12.6 Å². The molecule has 2 aromatic rings. The summed E-state index contributed by atoms with van der Waals surface area (Å²) in [5.41, 5.74) is 6.92. The Bertz CT molecular complexity index is 1010. The summed E-state index contributed by atoms with van der Waals surface area (Å²) in [4.78, 5) is 52.5. The molecule has 0 radical (unpaired) electrons. The van der Waals surface area contributed by atoms with Gasteiger partial charge in [0.1, 0.15) is 12.1 Å². The number of aromatic nitrogens is 1. The SMILES string of the molecule is CSCCC(NC(=O)CN)C(=O)NC(Cc1c[nH]c2ccccc12)C(=O)NC(C(=O)O)C(C)O. The number of para-hydroxylation sites is 1. The Hall–Kier alpha value is -3.09. The molecule has 0 bridgehead atoms. The van der Waals surface area contributed by atoms with Crippen LogP contribution in [0.2, 0.25) is 0 Å². The van der Waals surface area contributed by atoms with Gasteiger partial charge in [0.15, 0.2) is 6.04 Å². The molecule has 186 valence electrons. The second-order valence-electron chi connectivity index (χ2n) is 7.80. The molecule has 0 aliphatic rings. The maximum absolute atomic E-state index is 13.1. The first-order valence-electron chi connectivity index (χ1n) is 10.7. The van der Waals surface area contributed by atoms with Gasteiger partial charge in [0, 0.05) is 23.5 Å². The Kier molecular flexibility index (Phi) is 10.4. The van der Waals surface area contributed by atoms with Gasteiger partial charge in [-0.25, -0.2) is 4.79 Å². The fraction of sp³-hybridized carbons (Fsp3) is 0.455. The van der Waals surface area contributed by atoms with Crippen molar-refractivity contribution < 1.29 is 29.4 Å².